The molecule has 0 spiro atoms. The van der Waals surface area contributed by atoms with Crippen molar-refractivity contribution in [3.05, 3.63) is 11.8 Å². The molecule has 2 fully saturated rings. The average Bonchev–Trinajstić information content (AvgIpc) is 2.24. The summed E-state index contributed by atoms with van der Waals surface area (Å²) in [6.07, 6.45) is 7.94. The smallest absolute Gasteiger partial charge is 0.0652 e. The molecule has 1 heterocycles. The molecule has 0 amide bonds. The predicted molar refractivity (Wildman–Crippen MR) is 57.6 cm³/mol. The van der Waals surface area contributed by atoms with Crippen LogP contribution in [0, 0.1) is 17.8 Å². The van der Waals surface area contributed by atoms with Crippen molar-refractivity contribution in [1.29, 1.82) is 0 Å². The van der Waals surface area contributed by atoms with Gasteiger partial charge in [0.15, 0.2) is 0 Å². The lowest BCUT2D eigenvalue weighted by molar-refractivity contribution is 0.107. The quantitative estimate of drug-likeness (QED) is 0.612. The van der Waals surface area contributed by atoms with Crippen molar-refractivity contribution in [3.63, 3.8) is 0 Å². The summed E-state index contributed by atoms with van der Waals surface area (Å²) < 4.78 is 0. The lowest BCUT2D eigenvalue weighted by Crippen LogP contribution is -2.56. The molecular weight excluding hydrogens is 172 g/mol. The summed E-state index contributed by atoms with van der Waals surface area (Å²) in [6.45, 7) is 3.42. The summed E-state index contributed by atoms with van der Waals surface area (Å²) in [5.74, 6) is 2.68. The molecule has 2 heteroatoms. The molecule has 78 valence electrons. The van der Waals surface area contributed by atoms with E-state index in [0.717, 1.165) is 30.5 Å². The first-order chi connectivity index (χ1) is 6.86. The lowest BCUT2D eigenvalue weighted by Gasteiger charge is -2.48. The molecule has 0 radical (unpaired) electrons. The van der Waals surface area contributed by atoms with Crippen LogP contribution in [0.1, 0.15) is 32.6 Å². The SMILES string of the molecule is CC1CCC2NCNC3=CCCC1C32. The predicted octanol–water partition coefficient (Wildman–Crippen LogP) is 1.85. The van der Waals surface area contributed by atoms with Gasteiger partial charge in [0.2, 0.25) is 0 Å². The number of hydrogen-bond donors (Lipinski definition) is 2. The number of rotatable bonds is 0. The van der Waals surface area contributed by atoms with Gasteiger partial charge in [-0.3, -0.25) is 5.32 Å². The maximum atomic E-state index is 3.62. The second-order valence-corrected chi connectivity index (χ2v) is 5.15. The Bertz CT molecular complexity index is 259. The monoisotopic (exact) mass is 192 g/mol. The van der Waals surface area contributed by atoms with Gasteiger partial charge in [0.1, 0.15) is 0 Å². The van der Waals surface area contributed by atoms with Crippen LogP contribution in [0.4, 0.5) is 0 Å². The molecular formula is C12H20N2. The minimum atomic E-state index is 0.768. The van der Waals surface area contributed by atoms with Gasteiger partial charge in [0.05, 0.1) is 6.67 Å². The zero-order valence-electron chi connectivity index (χ0n) is 8.92. The maximum absolute atomic E-state index is 3.62. The van der Waals surface area contributed by atoms with Gasteiger partial charge in [-0.2, -0.15) is 0 Å². The minimum Gasteiger partial charge on any atom is -0.376 e. The van der Waals surface area contributed by atoms with E-state index in [0.29, 0.717) is 0 Å². The molecule has 1 saturated carbocycles. The summed E-state index contributed by atoms with van der Waals surface area (Å²) in [7, 11) is 0. The Labute approximate surface area is 86.1 Å². The van der Waals surface area contributed by atoms with Crippen molar-refractivity contribution in [2.45, 2.75) is 38.6 Å². The molecule has 0 aromatic rings. The van der Waals surface area contributed by atoms with Gasteiger partial charge in [0.25, 0.3) is 0 Å². The molecule has 0 bridgehead atoms. The molecule has 14 heavy (non-hydrogen) atoms. The minimum absolute atomic E-state index is 0.768. The highest BCUT2D eigenvalue weighted by molar-refractivity contribution is 5.17. The largest absolute Gasteiger partial charge is 0.376 e. The summed E-state index contributed by atoms with van der Waals surface area (Å²) in [6, 6.07) is 0.768. The van der Waals surface area contributed by atoms with Crippen LogP contribution in [0.25, 0.3) is 0 Å². The second kappa shape index (κ2) is 3.27. The van der Waals surface area contributed by atoms with Crippen LogP contribution < -0.4 is 10.6 Å². The van der Waals surface area contributed by atoms with Crippen molar-refractivity contribution in [1.82, 2.24) is 10.6 Å². The van der Waals surface area contributed by atoms with Crippen molar-refractivity contribution < 1.29 is 0 Å². The highest BCUT2D eigenvalue weighted by Crippen LogP contribution is 2.44. The zero-order chi connectivity index (χ0) is 9.54. The zero-order valence-corrected chi connectivity index (χ0v) is 8.92. The lowest BCUT2D eigenvalue weighted by atomic mass is 9.64. The first-order valence-electron chi connectivity index (χ1n) is 6.03. The number of hydrogen-bond acceptors (Lipinski definition) is 2. The van der Waals surface area contributed by atoms with Gasteiger partial charge in [-0.15, -0.1) is 0 Å². The molecule has 1 aliphatic heterocycles. The van der Waals surface area contributed by atoms with Crippen molar-refractivity contribution >= 4 is 0 Å². The van der Waals surface area contributed by atoms with Gasteiger partial charge in [0, 0.05) is 17.7 Å². The Kier molecular flexibility index (Phi) is 2.05. The third kappa shape index (κ3) is 1.20. The van der Waals surface area contributed by atoms with E-state index in [4.69, 9.17) is 0 Å². The molecule has 0 aromatic carbocycles. The van der Waals surface area contributed by atoms with E-state index >= 15 is 0 Å². The van der Waals surface area contributed by atoms with Crippen LogP contribution in [-0.4, -0.2) is 12.7 Å². The molecule has 3 aliphatic rings. The van der Waals surface area contributed by atoms with E-state index in [2.05, 4.69) is 23.6 Å². The topological polar surface area (TPSA) is 24.1 Å². The molecule has 4 atom stereocenters. The number of nitrogens with one attached hydrogen (secondary N) is 2. The van der Waals surface area contributed by atoms with Crippen LogP contribution in [0.2, 0.25) is 0 Å². The van der Waals surface area contributed by atoms with E-state index < -0.39 is 0 Å². The summed E-state index contributed by atoms with van der Waals surface area (Å²) >= 11 is 0. The van der Waals surface area contributed by atoms with Gasteiger partial charge in [-0.05, 0) is 37.5 Å². The van der Waals surface area contributed by atoms with Crippen LogP contribution in [0.15, 0.2) is 11.8 Å². The Morgan fingerprint density at radius 2 is 2.21 bits per heavy atom. The van der Waals surface area contributed by atoms with E-state index in [1.165, 1.54) is 25.7 Å². The average molecular weight is 192 g/mol. The Morgan fingerprint density at radius 3 is 3.14 bits per heavy atom. The van der Waals surface area contributed by atoms with Crippen LogP contribution >= 0.6 is 0 Å². The van der Waals surface area contributed by atoms with Gasteiger partial charge in [-0.25, -0.2) is 0 Å². The normalized spacial score (nSPS) is 46.2. The molecule has 2 nitrogen and oxygen atoms in total. The summed E-state index contributed by atoms with van der Waals surface area (Å²) in [5.41, 5.74) is 1.55. The van der Waals surface area contributed by atoms with E-state index in [1.807, 2.05) is 0 Å². The second-order valence-electron chi connectivity index (χ2n) is 5.15. The summed E-state index contributed by atoms with van der Waals surface area (Å²) in [4.78, 5) is 0. The van der Waals surface area contributed by atoms with E-state index in [9.17, 15) is 0 Å². The molecule has 4 unspecified atom stereocenters. The van der Waals surface area contributed by atoms with Crippen LogP contribution in [-0.2, 0) is 0 Å². The molecule has 2 N–H and O–H groups in total. The fraction of sp³-hybridized carbons (Fsp3) is 0.833. The Balaban J connectivity index is 1.92. The van der Waals surface area contributed by atoms with E-state index in [-0.39, 0.29) is 0 Å². The van der Waals surface area contributed by atoms with Crippen molar-refractivity contribution in [2.75, 3.05) is 6.67 Å². The molecule has 2 aliphatic carbocycles. The molecule has 3 rings (SSSR count). The van der Waals surface area contributed by atoms with Crippen molar-refractivity contribution in [2.24, 2.45) is 17.8 Å². The van der Waals surface area contributed by atoms with E-state index in [1.54, 1.807) is 5.70 Å². The highest BCUT2D eigenvalue weighted by Gasteiger charge is 2.42. The highest BCUT2D eigenvalue weighted by atomic mass is 15.1. The third-order valence-electron chi connectivity index (χ3n) is 4.44. The number of allylic oxidation sites excluding steroid dienone is 1. The van der Waals surface area contributed by atoms with Gasteiger partial charge >= 0.3 is 0 Å². The first kappa shape index (κ1) is 8.78. The first-order valence-corrected chi connectivity index (χ1v) is 6.03. The molecule has 0 aromatic heterocycles. The standard InChI is InChI=1S/C12H20N2/c1-8-5-6-11-12-9(8)3-2-4-10(12)13-7-14-11/h4,8-9,11-14H,2-3,5-7H2,1H3. The fourth-order valence-electron chi connectivity index (χ4n) is 3.67. The maximum Gasteiger partial charge on any atom is 0.0652 e. The summed E-state index contributed by atoms with van der Waals surface area (Å²) in [5, 5.41) is 7.14. The van der Waals surface area contributed by atoms with Gasteiger partial charge < -0.3 is 5.32 Å². The van der Waals surface area contributed by atoms with Crippen LogP contribution in [0.3, 0.4) is 0 Å². The molecule has 1 saturated heterocycles. The Hall–Kier alpha value is -0.500. The third-order valence-corrected chi connectivity index (χ3v) is 4.44. The van der Waals surface area contributed by atoms with Gasteiger partial charge in [-0.1, -0.05) is 13.0 Å². The Morgan fingerprint density at radius 1 is 1.29 bits per heavy atom. The van der Waals surface area contributed by atoms with Crippen molar-refractivity contribution in [3.8, 4) is 0 Å². The fourth-order valence-corrected chi connectivity index (χ4v) is 3.67. The van der Waals surface area contributed by atoms with Crippen LogP contribution in [0.5, 0.6) is 0 Å².